The summed E-state index contributed by atoms with van der Waals surface area (Å²) in [6, 6.07) is 16.8. The van der Waals surface area contributed by atoms with Crippen molar-refractivity contribution in [1.29, 1.82) is 0 Å². The summed E-state index contributed by atoms with van der Waals surface area (Å²) in [6.45, 7) is 4.07. The Morgan fingerprint density at radius 1 is 1.00 bits per heavy atom. The van der Waals surface area contributed by atoms with E-state index in [0.29, 0.717) is 17.3 Å². The first-order chi connectivity index (χ1) is 15.5. The zero-order valence-electron chi connectivity index (χ0n) is 18.1. The highest BCUT2D eigenvalue weighted by atomic mass is 32.1. The Labute approximate surface area is 189 Å². The van der Waals surface area contributed by atoms with Crippen LogP contribution in [0.3, 0.4) is 0 Å². The molecule has 1 amide bonds. The molecule has 4 aromatic rings. The molecule has 7 heteroatoms. The van der Waals surface area contributed by atoms with Crippen LogP contribution in [0.25, 0.3) is 10.9 Å². The number of hydrogen-bond donors (Lipinski definition) is 1. The maximum absolute atomic E-state index is 13.3. The molecule has 0 aliphatic carbocycles. The molecule has 0 spiro atoms. The van der Waals surface area contributed by atoms with Gasteiger partial charge >= 0.3 is 5.69 Å². The van der Waals surface area contributed by atoms with Crippen LogP contribution in [0.2, 0.25) is 0 Å². The first kappa shape index (κ1) is 21.8. The Morgan fingerprint density at radius 3 is 2.56 bits per heavy atom. The van der Waals surface area contributed by atoms with Gasteiger partial charge in [0.15, 0.2) is 0 Å². The lowest BCUT2D eigenvalue weighted by molar-refractivity contribution is -0.116. The number of aromatic nitrogens is 2. The monoisotopic (exact) mass is 447 g/mol. The number of hydrogen-bond acceptors (Lipinski definition) is 4. The highest BCUT2D eigenvalue weighted by molar-refractivity contribution is 7.09. The Balaban J connectivity index is 1.71. The lowest BCUT2D eigenvalue weighted by atomic mass is 10.1. The molecule has 0 unspecified atom stereocenters. The Bertz CT molecular complexity index is 1380. The van der Waals surface area contributed by atoms with Crippen molar-refractivity contribution < 1.29 is 4.79 Å². The van der Waals surface area contributed by atoms with Gasteiger partial charge in [0.1, 0.15) is 6.54 Å². The van der Waals surface area contributed by atoms with Crippen LogP contribution in [-0.4, -0.2) is 15.0 Å². The minimum absolute atomic E-state index is 0.171. The van der Waals surface area contributed by atoms with Crippen molar-refractivity contribution >= 4 is 33.8 Å². The molecule has 1 N–H and O–H groups in total. The minimum Gasteiger partial charge on any atom is -0.324 e. The summed E-state index contributed by atoms with van der Waals surface area (Å²) < 4.78 is 2.63. The number of para-hydroxylation sites is 2. The summed E-state index contributed by atoms with van der Waals surface area (Å²) in [5.74, 6) is -0.301. The first-order valence-corrected chi connectivity index (χ1v) is 11.5. The fourth-order valence-electron chi connectivity index (χ4n) is 3.92. The van der Waals surface area contributed by atoms with Gasteiger partial charge in [-0.2, -0.15) is 0 Å². The number of rotatable bonds is 7. The van der Waals surface area contributed by atoms with Crippen LogP contribution in [-0.2, 0) is 30.7 Å². The van der Waals surface area contributed by atoms with Gasteiger partial charge in [-0.05, 0) is 54.5 Å². The minimum atomic E-state index is -0.471. The van der Waals surface area contributed by atoms with Crippen LogP contribution in [0.1, 0.15) is 22.9 Å². The second-order valence-corrected chi connectivity index (χ2v) is 8.72. The number of anilines is 1. The first-order valence-electron chi connectivity index (χ1n) is 10.6. The van der Waals surface area contributed by atoms with Crippen LogP contribution >= 0.6 is 11.3 Å². The number of nitrogens with one attached hydrogen (secondary N) is 1. The quantitative estimate of drug-likeness (QED) is 0.466. The molecule has 2 aromatic carbocycles. The fourth-order valence-corrected chi connectivity index (χ4v) is 4.62. The van der Waals surface area contributed by atoms with Crippen molar-refractivity contribution in [3.63, 3.8) is 0 Å². The Morgan fingerprint density at radius 2 is 1.81 bits per heavy atom. The van der Waals surface area contributed by atoms with Crippen molar-refractivity contribution in [2.24, 2.45) is 0 Å². The molecule has 2 aromatic heterocycles. The zero-order chi connectivity index (χ0) is 22.7. The highest BCUT2D eigenvalue weighted by Gasteiger charge is 2.16. The van der Waals surface area contributed by atoms with Gasteiger partial charge < -0.3 is 5.32 Å². The van der Waals surface area contributed by atoms with Crippen molar-refractivity contribution in [3.8, 4) is 0 Å². The third-order valence-corrected chi connectivity index (χ3v) is 6.54. The van der Waals surface area contributed by atoms with E-state index in [2.05, 4.69) is 5.32 Å². The average molecular weight is 448 g/mol. The van der Waals surface area contributed by atoms with Crippen molar-refractivity contribution in [2.45, 2.75) is 39.8 Å². The van der Waals surface area contributed by atoms with E-state index >= 15 is 0 Å². The van der Waals surface area contributed by atoms with Gasteiger partial charge in [0.25, 0.3) is 5.56 Å². The maximum Gasteiger partial charge on any atom is 0.331 e. The number of carbonyl (C=O) groups excluding carboxylic acids is 1. The second-order valence-electron chi connectivity index (χ2n) is 7.68. The molecule has 0 bridgehead atoms. The molecule has 32 heavy (non-hydrogen) atoms. The summed E-state index contributed by atoms with van der Waals surface area (Å²) >= 11 is 1.59. The summed E-state index contributed by atoms with van der Waals surface area (Å²) in [4.78, 5) is 40.4. The largest absolute Gasteiger partial charge is 0.331 e. The van der Waals surface area contributed by atoms with E-state index in [4.69, 9.17) is 0 Å². The van der Waals surface area contributed by atoms with Crippen LogP contribution < -0.4 is 16.6 Å². The predicted molar refractivity (Wildman–Crippen MR) is 130 cm³/mol. The molecule has 4 rings (SSSR count). The molecule has 6 nitrogen and oxygen atoms in total. The summed E-state index contributed by atoms with van der Waals surface area (Å²) in [6.07, 6.45) is 1.37. The van der Waals surface area contributed by atoms with Gasteiger partial charge in [0.05, 0.1) is 10.9 Å². The number of carbonyl (C=O) groups is 1. The summed E-state index contributed by atoms with van der Waals surface area (Å²) in [5, 5.41) is 5.37. The lowest BCUT2D eigenvalue weighted by Gasteiger charge is -2.16. The molecule has 0 aliphatic heterocycles. The van der Waals surface area contributed by atoms with Crippen LogP contribution in [0.4, 0.5) is 5.69 Å². The van der Waals surface area contributed by atoms with Crippen LogP contribution in [0.15, 0.2) is 69.6 Å². The number of amides is 1. The SMILES string of the molecule is CCc1cccc(C)c1NC(=O)Cn1c(=O)n(CCc2cccs2)c(=O)c2ccccc21. The number of fused-ring (bicyclic) bond motifs is 1. The molecule has 0 aliphatic rings. The molecule has 0 saturated heterocycles. The average Bonchev–Trinajstić information content (AvgIpc) is 3.31. The zero-order valence-corrected chi connectivity index (χ0v) is 18.9. The van der Waals surface area contributed by atoms with E-state index < -0.39 is 5.69 Å². The predicted octanol–water partition coefficient (Wildman–Crippen LogP) is 3.98. The Kier molecular flexibility index (Phi) is 6.37. The van der Waals surface area contributed by atoms with E-state index in [1.54, 1.807) is 35.6 Å². The second kappa shape index (κ2) is 9.36. The van der Waals surface area contributed by atoms with E-state index in [0.717, 1.165) is 28.1 Å². The fraction of sp³-hybridized carbons (Fsp3) is 0.240. The van der Waals surface area contributed by atoms with E-state index in [9.17, 15) is 14.4 Å². The van der Waals surface area contributed by atoms with Crippen LogP contribution in [0, 0.1) is 6.92 Å². The third kappa shape index (κ3) is 4.29. The number of thiophene rings is 1. The number of aryl methyl sites for hydroxylation is 3. The molecular weight excluding hydrogens is 422 g/mol. The molecule has 0 fully saturated rings. The molecule has 0 radical (unpaired) electrons. The topological polar surface area (TPSA) is 73.1 Å². The normalized spacial score (nSPS) is 11.1. The molecular formula is C25H25N3O3S. The van der Waals surface area contributed by atoms with Gasteiger partial charge in [-0.25, -0.2) is 4.79 Å². The van der Waals surface area contributed by atoms with Gasteiger partial charge in [0, 0.05) is 17.1 Å². The smallest absolute Gasteiger partial charge is 0.324 e. The van der Waals surface area contributed by atoms with Gasteiger partial charge in [-0.3, -0.25) is 18.7 Å². The molecule has 0 atom stereocenters. The van der Waals surface area contributed by atoms with Crippen LogP contribution in [0.5, 0.6) is 0 Å². The van der Waals surface area contributed by atoms with E-state index in [-0.39, 0.29) is 24.6 Å². The van der Waals surface area contributed by atoms with Crippen molar-refractivity contribution in [2.75, 3.05) is 5.32 Å². The number of nitrogens with zero attached hydrogens (tertiary/aromatic N) is 2. The van der Waals surface area contributed by atoms with E-state index in [1.807, 2.05) is 49.6 Å². The molecule has 164 valence electrons. The molecule has 2 heterocycles. The van der Waals surface area contributed by atoms with Gasteiger partial charge in [-0.15, -0.1) is 11.3 Å². The summed E-state index contributed by atoms with van der Waals surface area (Å²) in [5.41, 5.74) is 2.45. The molecule has 0 saturated carbocycles. The van der Waals surface area contributed by atoms with Crippen molar-refractivity contribution in [1.82, 2.24) is 9.13 Å². The third-order valence-electron chi connectivity index (χ3n) is 5.60. The number of benzene rings is 2. The Hall–Kier alpha value is -3.45. The maximum atomic E-state index is 13.3. The van der Waals surface area contributed by atoms with Gasteiger partial charge in [0.2, 0.25) is 5.91 Å². The standard InChI is InChI=1S/C25H25N3O3S/c1-3-18-9-6-8-17(2)23(18)26-22(29)16-28-21-12-5-4-11-20(21)24(30)27(25(28)31)14-13-19-10-7-15-32-19/h4-12,15H,3,13-14,16H2,1-2H3,(H,26,29). The lowest BCUT2D eigenvalue weighted by Crippen LogP contribution is -2.42. The highest BCUT2D eigenvalue weighted by Crippen LogP contribution is 2.21. The van der Waals surface area contributed by atoms with Crippen molar-refractivity contribution in [3.05, 3.63) is 96.8 Å². The summed E-state index contributed by atoms with van der Waals surface area (Å²) in [7, 11) is 0. The van der Waals surface area contributed by atoms with E-state index in [1.165, 1.54) is 9.13 Å². The van der Waals surface area contributed by atoms with Gasteiger partial charge in [-0.1, -0.05) is 43.3 Å².